The molecular weight excluding hydrogens is 220 g/mol. The fourth-order valence-electron chi connectivity index (χ4n) is 1.48. The summed E-state index contributed by atoms with van der Waals surface area (Å²) in [6, 6.07) is 3.51. The van der Waals surface area contributed by atoms with E-state index in [1.807, 2.05) is 13.8 Å². The van der Waals surface area contributed by atoms with Gasteiger partial charge in [-0.3, -0.25) is 4.79 Å². The minimum absolute atomic E-state index is 0.0972. The Hall–Kier alpha value is -1.59. The van der Waals surface area contributed by atoms with Crippen molar-refractivity contribution < 1.29 is 14.6 Å². The lowest BCUT2D eigenvalue weighted by atomic mass is 10.1. The van der Waals surface area contributed by atoms with Crippen molar-refractivity contribution in [1.29, 1.82) is 0 Å². The van der Waals surface area contributed by atoms with Crippen LogP contribution >= 0.6 is 0 Å². The molecule has 0 aliphatic rings. The summed E-state index contributed by atoms with van der Waals surface area (Å²) in [7, 11) is 1.60. The van der Waals surface area contributed by atoms with Crippen LogP contribution in [0.25, 0.3) is 0 Å². The minimum atomic E-state index is -1.18. The van der Waals surface area contributed by atoms with Gasteiger partial charge in [0.15, 0.2) is 0 Å². The monoisotopic (exact) mass is 238 g/mol. The van der Waals surface area contributed by atoms with Crippen molar-refractivity contribution in [3.63, 3.8) is 0 Å². The van der Waals surface area contributed by atoms with Gasteiger partial charge in [-0.2, -0.15) is 0 Å². The molecule has 0 aliphatic carbocycles. The highest BCUT2D eigenvalue weighted by molar-refractivity contribution is 5.95. The molecule has 0 aliphatic heterocycles. The number of nitrogens with two attached hydrogens (primary N) is 1. The van der Waals surface area contributed by atoms with Crippen LogP contribution in [0.4, 0.5) is 5.69 Å². The van der Waals surface area contributed by atoms with Gasteiger partial charge in [-0.15, -0.1) is 0 Å². The van der Waals surface area contributed by atoms with Gasteiger partial charge in [0, 0.05) is 12.2 Å². The third kappa shape index (κ3) is 2.95. The Morgan fingerprint density at radius 1 is 1.47 bits per heavy atom. The molecule has 1 atom stereocenters. The van der Waals surface area contributed by atoms with Crippen LogP contribution in [0.1, 0.15) is 11.1 Å². The second-order valence-corrected chi connectivity index (χ2v) is 3.81. The van der Waals surface area contributed by atoms with Crippen molar-refractivity contribution in [3.05, 3.63) is 23.3 Å². The number of rotatable bonds is 4. The number of carbonyl (C=O) groups is 1. The highest BCUT2D eigenvalue weighted by Gasteiger charge is 2.15. The predicted molar refractivity (Wildman–Crippen MR) is 66.2 cm³/mol. The first-order valence-electron chi connectivity index (χ1n) is 5.34. The van der Waals surface area contributed by atoms with E-state index in [4.69, 9.17) is 10.5 Å². The topological polar surface area (TPSA) is 84.6 Å². The van der Waals surface area contributed by atoms with Gasteiger partial charge in [0.1, 0.15) is 11.9 Å². The minimum Gasteiger partial charge on any atom is -0.496 e. The zero-order valence-corrected chi connectivity index (χ0v) is 10.3. The van der Waals surface area contributed by atoms with Gasteiger partial charge in [-0.1, -0.05) is 0 Å². The summed E-state index contributed by atoms with van der Waals surface area (Å²) in [6.45, 7) is 3.69. The molecule has 0 bridgehead atoms. The quantitative estimate of drug-likeness (QED) is 0.716. The van der Waals surface area contributed by atoms with E-state index in [1.54, 1.807) is 19.2 Å². The first-order valence-corrected chi connectivity index (χ1v) is 5.34. The number of aliphatic hydroxyl groups is 1. The van der Waals surface area contributed by atoms with Gasteiger partial charge in [0.25, 0.3) is 5.91 Å². The van der Waals surface area contributed by atoms with E-state index < -0.39 is 12.0 Å². The molecule has 0 fully saturated rings. The first kappa shape index (κ1) is 13.5. The number of methoxy groups -OCH3 is 1. The highest BCUT2D eigenvalue weighted by Crippen LogP contribution is 2.27. The summed E-state index contributed by atoms with van der Waals surface area (Å²) < 4.78 is 5.17. The lowest BCUT2D eigenvalue weighted by Gasteiger charge is -2.15. The third-order valence-electron chi connectivity index (χ3n) is 2.74. The number of nitrogens with one attached hydrogen (secondary N) is 1. The van der Waals surface area contributed by atoms with Gasteiger partial charge in [-0.25, -0.2) is 0 Å². The Morgan fingerprint density at radius 3 is 2.65 bits per heavy atom. The van der Waals surface area contributed by atoms with Gasteiger partial charge >= 0.3 is 0 Å². The molecule has 0 saturated heterocycles. The molecule has 1 aromatic rings. The summed E-state index contributed by atoms with van der Waals surface area (Å²) >= 11 is 0. The van der Waals surface area contributed by atoms with Crippen molar-refractivity contribution in [2.75, 3.05) is 19.0 Å². The average molecular weight is 238 g/mol. The van der Waals surface area contributed by atoms with E-state index in [0.29, 0.717) is 5.69 Å². The number of hydrogen-bond acceptors (Lipinski definition) is 4. The van der Waals surface area contributed by atoms with Crippen LogP contribution in [-0.2, 0) is 4.79 Å². The summed E-state index contributed by atoms with van der Waals surface area (Å²) in [5.41, 5.74) is 7.72. The number of benzene rings is 1. The van der Waals surface area contributed by atoms with Gasteiger partial charge in [0.05, 0.1) is 7.11 Å². The molecule has 0 radical (unpaired) electrons. The van der Waals surface area contributed by atoms with Crippen LogP contribution in [0.2, 0.25) is 0 Å². The number of aliphatic hydroxyl groups excluding tert-OH is 1. The number of hydrogen-bond donors (Lipinski definition) is 3. The van der Waals surface area contributed by atoms with Crippen LogP contribution in [0.3, 0.4) is 0 Å². The lowest BCUT2D eigenvalue weighted by molar-refractivity contribution is -0.123. The molecule has 5 heteroatoms. The maximum atomic E-state index is 11.5. The van der Waals surface area contributed by atoms with E-state index in [1.165, 1.54) is 0 Å². The van der Waals surface area contributed by atoms with Crippen LogP contribution in [-0.4, -0.2) is 30.8 Å². The Labute approximate surface area is 101 Å². The average Bonchev–Trinajstić information content (AvgIpc) is 2.34. The standard InChI is InChI=1S/C12H18N2O3/c1-7-8(2)11(17-3)5-4-9(7)14-12(16)10(15)6-13/h4-5,10,15H,6,13H2,1-3H3,(H,14,16). The molecule has 4 N–H and O–H groups in total. The number of anilines is 1. The van der Waals surface area contributed by atoms with Gasteiger partial charge in [0.2, 0.25) is 0 Å². The van der Waals surface area contributed by atoms with E-state index in [0.717, 1.165) is 16.9 Å². The number of carbonyl (C=O) groups excluding carboxylic acids is 1. The second-order valence-electron chi connectivity index (χ2n) is 3.81. The molecular formula is C12H18N2O3. The third-order valence-corrected chi connectivity index (χ3v) is 2.74. The summed E-state index contributed by atoms with van der Waals surface area (Å²) in [4.78, 5) is 11.5. The van der Waals surface area contributed by atoms with E-state index in [9.17, 15) is 9.90 Å². The molecule has 5 nitrogen and oxygen atoms in total. The van der Waals surface area contributed by atoms with Crippen LogP contribution in [0.15, 0.2) is 12.1 Å². The molecule has 0 aromatic heterocycles. The molecule has 1 amide bonds. The summed E-state index contributed by atoms with van der Waals surface area (Å²) in [5.74, 6) is 0.264. The maximum Gasteiger partial charge on any atom is 0.254 e. The largest absolute Gasteiger partial charge is 0.496 e. The Kier molecular flexibility index (Phi) is 4.48. The normalized spacial score (nSPS) is 12.1. The van der Waals surface area contributed by atoms with Crippen LogP contribution in [0.5, 0.6) is 5.75 Å². The fraction of sp³-hybridized carbons (Fsp3) is 0.417. The predicted octanol–water partition coefficient (Wildman–Crippen LogP) is 0.570. The van der Waals surface area contributed by atoms with Crippen molar-refractivity contribution in [2.24, 2.45) is 5.73 Å². The summed E-state index contributed by atoms with van der Waals surface area (Å²) in [6.07, 6.45) is -1.18. The second kappa shape index (κ2) is 5.65. The number of amides is 1. The molecule has 1 aromatic carbocycles. The van der Waals surface area contributed by atoms with Crippen LogP contribution in [0, 0.1) is 13.8 Å². The van der Waals surface area contributed by atoms with Crippen molar-refractivity contribution >= 4 is 11.6 Å². The van der Waals surface area contributed by atoms with E-state index in [2.05, 4.69) is 5.32 Å². The Morgan fingerprint density at radius 2 is 2.12 bits per heavy atom. The van der Waals surface area contributed by atoms with E-state index in [-0.39, 0.29) is 6.54 Å². The molecule has 1 rings (SSSR count). The zero-order valence-electron chi connectivity index (χ0n) is 10.3. The molecule has 0 saturated carbocycles. The Bertz CT molecular complexity index is 418. The number of ether oxygens (including phenoxy) is 1. The first-order chi connectivity index (χ1) is 8.01. The molecule has 94 valence electrons. The summed E-state index contributed by atoms with van der Waals surface area (Å²) in [5, 5.41) is 11.9. The smallest absolute Gasteiger partial charge is 0.254 e. The van der Waals surface area contributed by atoms with Crippen molar-refractivity contribution in [3.8, 4) is 5.75 Å². The van der Waals surface area contributed by atoms with Crippen molar-refractivity contribution in [1.82, 2.24) is 0 Å². The van der Waals surface area contributed by atoms with Gasteiger partial charge in [-0.05, 0) is 37.1 Å². The fourth-order valence-corrected chi connectivity index (χ4v) is 1.48. The van der Waals surface area contributed by atoms with Crippen LogP contribution < -0.4 is 15.8 Å². The highest BCUT2D eigenvalue weighted by atomic mass is 16.5. The van der Waals surface area contributed by atoms with Crippen molar-refractivity contribution in [2.45, 2.75) is 20.0 Å². The SMILES string of the molecule is COc1ccc(NC(=O)C(O)CN)c(C)c1C. The molecule has 0 heterocycles. The molecule has 17 heavy (non-hydrogen) atoms. The Balaban J connectivity index is 2.93. The lowest BCUT2D eigenvalue weighted by Crippen LogP contribution is -2.34. The molecule has 1 unspecified atom stereocenters. The zero-order chi connectivity index (χ0) is 13.0. The van der Waals surface area contributed by atoms with Gasteiger partial charge < -0.3 is 20.9 Å². The molecule has 0 spiro atoms. The van der Waals surface area contributed by atoms with E-state index >= 15 is 0 Å². The maximum absolute atomic E-state index is 11.5.